The Balaban J connectivity index is 1.69. The molecule has 1 aliphatic rings. The Labute approximate surface area is 230 Å². The summed E-state index contributed by atoms with van der Waals surface area (Å²) in [6.07, 6.45) is 1.79. The fourth-order valence-corrected chi connectivity index (χ4v) is 5.97. The molecule has 1 N–H and O–H groups in total. The lowest BCUT2D eigenvalue weighted by Crippen LogP contribution is -2.29. The number of aryl methyl sites for hydroxylation is 1. The van der Waals surface area contributed by atoms with E-state index in [0.29, 0.717) is 25.9 Å². The van der Waals surface area contributed by atoms with Crippen LogP contribution in [0.5, 0.6) is 5.75 Å². The van der Waals surface area contributed by atoms with E-state index in [1.807, 2.05) is 48.5 Å². The van der Waals surface area contributed by atoms with Crippen molar-refractivity contribution in [2.45, 2.75) is 25.9 Å². The molecule has 0 unspecified atom stereocenters. The molecule has 0 radical (unpaired) electrons. The van der Waals surface area contributed by atoms with Crippen LogP contribution in [0, 0.1) is 13.8 Å². The van der Waals surface area contributed by atoms with Crippen molar-refractivity contribution in [3.8, 4) is 11.4 Å². The SMILES string of the molecule is COc1ccc(N2C(=S)N[C@@H](c3ccccn3)[C@H]2c2cc(C)n(-c3ccc(Cl)cc3Cl)c2C)cc1Cl. The summed E-state index contributed by atoms with van der Waals surface area (Å²) in [5.41, 5.74) is 5.78. The number of benzene rings is 2. The molecule has 0 saturated carbocycles. The van der Waals surface area contributed by atoms with Crippen LogP contribution in [0.1, 0.15) is 34.7 Å². The van der Waals surface area contributed by atoms with E-state index in [4.69, 9.17) is 51.8 Å². The van der Waals surface area contributed by atoms with Crippen molar-refractivity contribution in [1.82, 2.24) is 14.9 Å². The number of ether oxygens (including phenoxy) is 1. The minimum absolute atomic E-state index is 0.186. The number of hydrogen-bond acceptors (Lipinski definition) is 3. The first kappa shape index (κ1) is 24.9. The molecule has 3 heterocycles. The Morgan fingerprint density at radius 3 is 2.44 bits per heavy atom. The molecule has 2 aromatic heterocycles. The lowest BCUT2D eigenvalue weighted by molar-refractivity contribution is 0.415. The van der Waals surface area contributed by atoms with Crippen LogP contribution in [0.25, 0.3) is 5.69 Å². The Hall–Kier alpha value is -2.77. The highest BCUT2D eigenvalue weighted by Gasteiger charge is 2.42. The quantitative estimate of drug-likeness (QED) is 0.256. The monoisotopic (exact) mass is 556 g/mol. The molecule has 1 saturated heterocycles. The van der Waals surface area contributed by atoms with E-state index in [9.17, 15) is 0 Å². The van der Waals surface area contributed by atoms with Gasteiger partial charge in [0.2, 0.25) is 0 Å². The van der Waals surface area contributed by atoms with Gasteiger partial charge < -0.3 is 19.5 Å². The first-order valence-electron chi connectivity index (χ1n) is 11.3. The van der Waals surface area contributed by atoms with Crippen molar-refractivity contribution >= 4 is 57.8 Å². The summed E-state index contributed by atoms with van der Waals surface area (Å²) < 4.78 is 7.51. The average Bonchev–Trinajstić information content (AvgIpc) is 3.35. The number of halogens is 3. The number of hydrogen-bond donors (Lipinski definition) is 1. The molecule has 9 heteroatoms. The summed E-state index contributed by atoms with van der Waals surface area (Å²) in [4.78, 5) is 6.74. The van der Waals surface area contributed by atoms with Crippen LogP contribution in [0.4, 0.5) is 5.69 Å². The van der Waals surface area contributed by atoms with Gasteiger partial charge in [0, 0.05) is 28.3 Å². The largest absolute Gasteiger partial charge is 0.495 e. The van der Waals surface area contributed by atoms with E-state index in [0.717, 1.165) is 34.0 Å². The number of methoxy groups -OCH3 is 1. The van der Waals surface area contributed by atoms with Gasteiger partial charge in [-0.05, 0) is 86.2 Å². The molecule has 1 aliphatic heterocycles. The first-order chi connectivity index (χ1) is 17.3. The van der Waals surface area contributed by atoms with Crippen molar-refractivity contribution in [2.75, 3.05) is 12.0 Å². The third kappa shape index (κ3) is 4.33. The molecule has 2 atom stereocenters. The molecule has 2 aromatic carbocycles. The molecular weight excluding hydrogens is 535 g/mol. The van der Waals surface area contributed by atoms with Gasteiger partial charge in [-0.25, -0.2) is 0 Å². The second-order valence-electron chi connectivity index (χ2n) is 8.57. The molecule has 0 aliphatic carbocycles. The van der Waals surface area contributed by atoms with Gasteiger partial charge in [-0.2, -0.15) is 0 Å². The fraction of sp³-hybridized carbons (Fsp3) is 0.185. The van der Waals surface area contributed by atoms with E-state index in [1.54, 1.807) is 19.4 Å². The smallest absolute Gasteiger partial charge is 0.174 e. The summed E-state index contributed by atoms with van der Waals surface area (Å²) in [6, 6.07) is 18.9. The van der Waals surface area contributed by atoms with Gasteiger partial charge in [-0.3, -0.25) is 4.98 Å². The zero-order chi connectivity index (χ0) is 25.6. The second kappa shape index (κ2) is 9.94. The number of nitrogens with one attached hydrogen (secondary N) is 1. The lowest BCUT2D eigenvalue weighted by atomic mass is 9.96. The molecule has 0 spiro atoms. The van der Waals surface area contributed by atoms with E-state index in [1.165, 1.54) is 0 Å². The second-order valence-corrected chi connectivity index (χ2v) is 10.2. The topological polar surface area (TPSA) is 42.3 Å². The number of anilines is 1. The summed E-state index contributed by atoms with van der Waals surface area (Å²) in [5.74, 6) is 0.604. The van der Waals surface area contributed by atoms with Crippen molar-refractivity contribution in [3.05, 3.63) is 105 Å². The first-order valence-corrected chi connectivity index (χ1v) is 12.8. The van der Waals surface area contributed by atoms with Crippen LogP contribution in [0.2, 0.25) is 15.1 Å². The zero-order valence-corrected chi connectivity index (χ0v) is 22.9. The van der Waals surface area contributed by atoms with E-state index in [2.05, 4.69) is 39.7 Å². The lowest BCUT2D eigenvalue weighted by Gasteiger charge is -2.28. The maximum absolute atomic E-state index is 6.61. The third-order valence-electron chi connectivity index (χ3n) is 6.45. The Morgan fingerprint density at radius 2 is 1.78 bits per heavy atom. The zero-order valence-electron chi connectivity index (χ0n) is 19.8. The van der Waals surface area contributed by atoms with Crippen LogP contribution in [0.15, 0.2) is 66.9 Å². The third-order valence-corrected chi connectivity index (χ3v) is 7.60. The highest BCUT2D eigenvalue weighted by atomic mass is 35.5. The molecule has 0 amide bonds. The van der Waals surface area contributed by atoms with Crippen LogP contribution in [-0.4, -0.2) is 21.8 Å². The van der Waals surface area contributed by atoms with Crippen LogP contribution in [0.3, 0.4) is 0 Å². The Kier molecular flexibility index (Phi) is 6.88. The Bertz CT molecular complexity index is 1460. The Morgan fingerprint density at radius 1 is 0.972 bits per heavy atom. The summed E-state index contributed by atoms with van der Waals surface area (Å²) >= 11 is 25.2. The standard InChI is InChI=1S/C27H23Cl3N4OS/c1-15-12-19(16(2)33(15)23-9-7-17(28)13-20(23)29)26-25(22-6-4-5-11-31-22)32-27(36)34(26)18-8-10-24(35-3)21(30)14-18/h4-14,25-26H,1-3H3,(H,32,36)/t25-,26+/m0/s1. The van der Waals surface area contributed by atoms with Gasteiger partial charge >= 0.3 is 0 Å². The van der Waals surface area contributed by atoms with Crippen molar-refractivity contribution in [1.29, 1.82) is 0 Å². The van der Waals surface area contributed by atoms with Crippen LogP contribution >= 0.6 is 47.0 Å². The maximum atomic E-state index is 6.61. The van der Waals surface area contributed by atoms with Gasteiger partial charge in [-0.15, -0.1) is 0 Å². The number of thiocarbonyl (C=S) groups is 1. The molecule has 5 nitrogen and oxygen atoms in total. The molecule has 0 bridgehead atoms. The summed E-state index contributed by atoms with van der Waals surface area (Å²) in [7, 11) is 1.60. The van der Waals surface area contributed by atoms with Gasteiger partial charge in [0.15, 0.2) is 5.11 Å². The summed E-state index contributed by atoms with van der Waals surface area (Å²) in [6.45, 7) is 4.15. The normalized spacial score (nSPS) is 17.4. The van der Waals surface area contributed by atoms with E-state index < -0.39 is 0 Å². The number of pyridine rings is 1. The predicted molar refractivity (Wildman–Crippen MR) is 151 cm³/mol. The minimum Gasteiger partial charge on any atom is -0.495 e. The average molecular weight is 558 g/mol. The molecule has 36 heavy (non-hydrogen) atoms. The van der Waals surface area contributed by atoms with Gasteiger partial charge in [0.25, 0.3) is 0 Å². The number of nitrogens with zero attached hydrogens (tertiary/aromatic N) is 3. The van der Waals surface area contributed by atoms with Crippen molar-refractivity contribution in [3.63, 3.8) is 0 Å². The van der Waals surface area contributed by atoms with E-state index in [-0.39, 0.29) is 12.1 Å². The van der Waals surface area contributed by atoms with Gasteiger partial charge in [0.05, 0.1) is 40.6 Å². The van der Waals surface area contributed by atoms with Crippen molar-refractivity contribution in [2.24, 2.45) is 0 Å². The number of rotatable bonds is 5. The van der Waals surface area contributed by atoms with Crippen molar-refractivity contribution < 1.29 is 4.74 Å². The van der Waals surface area contributed by atoms with Crippen LogP contribution in [-0.2, 0) is 0 Å². The highest BCUT2D eigenvalue weighted by molar-refractivity contribution is 7.80. The minimum atomic E-state index is -0.192. The van der Waals surface area contributed by atoms with Gasteiger partial charge in [-0.1, -0.05) is 40.9 Å². The highest BCUT2D eigenvalue weighted by Crippen LogP contribution is 2.45. The summed E-state index contributed by atoms with van der Waals surface area (Å²) in [5, 5.41) is 5.77. The molecule has 4 aromatic rings. The molecular formula is C27H23Cl3N4OS. The molecule has 5 rings (SSSR count). The maximum Gasteiger partial charge on any atom is 0.174 e. The van der Waals surface area contributed by atoms with E-state index >= 15 is 0 Å². The predicted octanol–water partition coefficient (Wildman–Crippen LogP) is 7.64. The number of aromatic nitrogens is 2. The van der Waals surface area contributed by atoms with Crippen LogP contribution < -0.4 is 15.0 Å². The fourth-order valence-electron chi connectivity index (χ4n) is 4.87. The molecule has 1 fully saturated rings. The van der Waals surface area contributed by atoms with Gasteiger partial charge in [0.1, 0.15) is 5.75 Å². The molecule has 184 valence electrons.